The predicted octanol–water partition coefficient (Wildman–Crippen LogP) is 2.86. The molecule has 142 valence electrons. The quantitative estimate of drug-likeness (QED) is 0.628. The Balaban J connectivity index is 1.66. The van der Waals surface area contributed by atoms with E-state index in [1.165, 1.54) is 0 Å². The van der Waals surface area contributed by atoms with E-state index < -0.39 is 5.91 Å². The molecule has 0 unspecified atom stereocenters. The van der Waals surface area contributed by atoms with Gasteiger partial charge in [0.15, 0.2) is 0 Å². The van der Waals surface area contributed by atoms with Gasteiger partial charge in [0, 0.05) is 18.4 Å². The van der Waals surface area contributed by atoms with Gasteiger partial charge in [-0.05, 0) is 36.0 Å². The zero-order chi connectivity index (χ0) is 19.9. The molecule has 1 fully saturated rings. The molecule has 4 rings (SSSR count). The molecule has 2 heterocycles. The molecule has 0 spiro atoms. The van der Waals surface area contributed by atoms with Crippen LogP contribution in [0.25, 0.3) is 11.0 Å². The Hall–Kier alpha value is -3.44. The molecule has 0 saturated heterocycles. The van der Waals surface area contributed by atoms with Crippen molar-refractivity contribution in [2.45, 2.75) is 31.8 Å². The van der Waals surface area contributed by atoms with Gasteiger partial charge in [-0.2, -0.15) is 5.26 Å². The number of methoxy groups -OCH3 is 1. The van der Waals surface area contributed by atoms with Crippen LogP contribution in [0.15, 0.2) is 24.3 Å². The van der Waals surface area contributed by atoms with Crippen LogP contribution in [0.5, 0.6) is 0 Å². The molecule has 1 saturated carbocycles. The van der Waals surface area contributed by atoms with Crippen LogP contribution in [0, 0.1) is 11.3 Å². The number of carbonyl (C=O) groups is 1. The molecular formula is C20H20N6O2. The summed E-state index contributed by atoms with van der Waals surface area (Å²) in [5.74, 6) is -0.323. The van der Waals surface area contributed by atoms with Crippen LogP contribution < -0.4 is 11.1 Å². The van der Waals surface area contributed by atoms with Crippen molar-refractivity contribution < 1.29 is 9.53 Å². The van der Waals surface area contributed by atoms with E-state index in [4.69, 9.17) is 10.5 Å². The number of rotatable bonds is 5. The first kappa shape index (κ1) is 17.9. The van der Waals surface area contributed by atoms with Crippen molar-refractivity contribution in [3.63, 3.8) is 0 Å². The number of nitrogens with two attached hydrogens (primary N) is 1. The summed E-state index contributed by atoms with van der Waals surface area (Å²) in [7, 11) is 1.63. The van der Waals surface area contributed by atoms with Crippen LogP contribution in [0.3, 0.4) is 0 Å². The fourth-order valence-corrected chi connectivity index (χ4v) is 3.39. The number of hydrogen-bond acceptors (Lipinski definition) is 6. The average Bonchev–Trinajstić information content (AvgIpc) is 3.29. The van der Waals surface area contributed by atoms with Gasteiger partial charge in [-0.25, -0.2) is 9.97 Å². The number of ether oxygens (including phenoxy) is 1. The van der Waals surface area contributed by atoms with E-state index in [0.717, 1.165) is 24.0 Å². The topological polar surface area (TPSA) is 130 Å². The predicted molar refractivity (Wildman–Crippen MR) is 105 cm³/mol. The monoisotopic (exact) mass is 376 g/mol. The number of anilines is 2. The van der Waals surface area contributed by atoms with Gasteiger partial charge >= 0.3 is 0 Å². The Morgan fingerprint density at radius 1 is 1.36 bits per heavy atom. The second-order valence-corrected chi connectivity index (χ2v) is 7.29. The van der Waals surface area contributed by atoms with Gasteiger partial charge in [-0.3, -0.25) is 4.79 Å². The molecule has 0 radical (unpaired) electrons. The highest BCUT2D eigenvalue weighted by Crippen LogP contribution is 2.51. The van der Waals surface area contributed by atoms with Crippen LogP contribution in [-0.2, 0) is 16.8 Å². The highest BCUT2D eigenvalue weighted by Gasteiger charge is 2.44. The van der Waals surface area contributed by atoms with Crippen LogP contribution in [0.4, 0.5) is 11.5 Å². The molecule has 4 N–H and O–H groups in total. The number of nitrogen functional groups attached to an aromatic ring is 1. The zero-order valence-electron chi connectivity index (χ0n) is 15.7. The van der Waals surface area contributed by atoms with E-state index in [2.05, 4.69) is 33.3 Å². The molecule has 3 aromatic rings. The third-order valence-electron chi connectivity index (χ3n) is 5.12. The maximum absolute atomic E-state index is 12.6. The number of nitrogens with zero attached hydrogens (tertiary/aromatic N) is 3. The summed E-state index contributed by atoms with van der Waals surface area (Å²) in [5.41, 5.74) is 9.38. The number of carbonyl (C=O) groups excluding carboxylic acids is 1. The van der Waals surface area contributed by atoms with Crippen LogP contribution in [0.1, 0.15) is 47.2 Å². The number of aromatic nitrogens is 3. The largest absolute Gasteiger partial charge is 0.383 e. The van der Waals surface area contributed by atoms with Crippen molar-refractivity contribution in [1.29, 1.82) is 5.26 Å². The summed E-state index contributed by atoms with van der Waals surface area (Å²) in [4.78, 5) is 24.1. The van der Waals surface area contributed by atoms with Gasteiger partial charge in [-0.1, -0.05) is 19.1 Å². The van der Waals surface area contributed by atoms with Crippen molar-refractivity contribution in [2.75, 3.05) is 18.2 Å². The molecule has 2 aromatic heterocycles. The zero-order valence-corrected chi connectivity index (χ0v) is 15.7. The molecule has 1 aromatic carbocycles. The van der Waals surface area contributed by atoms with E-state index in [9.17, 15) is 10.1 Å². The summed E-state index contributed by atoms with van der Waals surface area (Å²) in [5, 5.41) is 12.9. The summed E-state index contributed by atoms with van der Waals surface area (Å²) in [6, 6.07) is 9.46. The number of nitrogens with one attached hydrogen (secondary N) is 2. The number of aromatic amines is 1. The van der Waals surface area contributed by atoms with Crippen LogP contribution in [-0.4, -0.2) is 28.0 Å². The first-order valence-electron chi connectivity index (χ1n) is 8.94. The highest BCUT2D eigenvalue weighted by molar-refractivity contribution is 6.04. The Bertz CT molecular complexity index is 1110. The van der Waals surface area contributed by atoms with Crippen molar-refractivity contribution in [3.8, 4) is 6.07 Å². The highest BCUT2D eigenvalue weighted by atomic mass is 16.5. The molecule has 1 amide bonds. The normalized spacial score (nSPS) is 14.6. The van der Waals surface area contributed by atoms with Gasteiger partial charge in [0.05, 0.1) is 12.0 Å². The lowest BCUT2D eigenvalue weighted by molar-refractivity contribution is 0.101. The second-order valence-electron chi connectivity index (χ2n) is 7.29. The maximum Gasteiger partial charge on any atom is 0.293 e. The lowest BCUT2D eigenvalue weighted by Crippen LogP contribution is -2.17. The first-order valence-corrected chi connectivity index (χ1v) is 8.94. The van der Waals surface area contributed by atoms with E-state index >= 15 is 0 Å². The van der Waals surface area contributed by atoms with E-state index in [1.807, 2.05) is 12.1 Å². The SMILES string of the molecule is COCc1ccc(NC(=O)c2nc(N)c3c(C4(C)CC4)c(C#N)[nH]c3n2)cc1. The smallest absolute Gasteiger partial charge is 0.293 e. The molecule has 0 atom stereocenters. The number of nitriles is 1. The lowest BCUT2D eigenvalue weighted by Gasteiger charge is -2.09. The van der Waals surface area contributed by atoms with Crippen molar-refractivity contribution in [2.24, 2.45) is 0 Å². The number of hydrogen-bond donors (Lipinski definition) is 3. The van der Waals surface area contributed by atoms with Crippen molar-refractivity contribution in [3.05, 3.63) is 46.9 Å². The van der Waals surface area contributed by atoms with Crippen LogP contribution in [0.2, 0.25) is 0 Å². The molecule has 1 aliphatic carbocycles. The minimum absolute atomic E-state index is 0.0517. The Morgan fingerprint density at radius 3 is 2.68 bits per heavy atom. The van der Waals surface area contributed by atoms with E-state index in [1.54, 1.807) is 19.2 Å². The summed E-state index contributed by atoms with van der Waals surface area (Å²) in [6.07, 6.45) is 1.96. The van der Waals surface area contributed by atoms with Crippen molar-refractivity contribution in [1.82, 2.24) is 15.0 Å². The Labute approximate surface area is 161 Å². The lowest BCUT2D eigenvalue weighted by atomic mass is 9.96. The van der Waals surface area contributed by atoms with Gasteiger partial charge < -0.3 is 20.8 Å². The molecule has 0 aliphatic heterocycles. The minimum Gasteiger partial charge on any atom is -0.383 e. The van der Waals surface area contributed by atoms with Crippen LogP contribution >= 0.6 is 0 Å². The fraction of sp³-hybridized carbons (Fsp3) is 0.300. The second kappa shape index (κ2) is 6.62. The number of benzene rings is 1. The minimum atomic E-state index is -0.472. The van der Waals surface area contributed by atoms with E-state index in [-0.39, 0.29) is 17.1 Å². The molecule has 1 aliphatic rings. The first-order chi connectivity index (χ1) is 13.4. The standard InChI is InChI=1S/C20H20N6O2/c1-20(7-8-20)15-13(9-21)24-17-14(15)16(22)25-18(26-17)19(27)23-12-5-3-11(4-6-12)10-28-2/h3-6H,7-8,10H2,1-2H3,(H,23,27)(H3,22,24,25,26). The third-order valence-corrected chi connectivity index (χ3v) is 5.12. The maximum atomic E-state index is 12.6. The number of H-pyrrole nitrogens is 1. The average molecular weight is 376 g/mol. The molecule has 28 heavy (non-hydrogen) atoms. The van der Waals surface area contributed by atoms with Gasteiger partial charge in [0.1, 0.15) is 23.2 Å². The van der Waals surface area contributed by atoms with Gasteiger partial charge in [0.2, 0.25) is 5.82 Å². The van der Waals surface area contributed by atoms with Gasteiger partial charge in [-0.15, -0.1) is 0 Å². The molecule has 8 heteroatoms. The van der Waals surface area contributed by atoms with E-state index in [0.29, 0.717) is 29.0 Å². The van der Waals surface area contributed by atoms with Gasteiger partial charge in [0.25, 0.3) is 5.91 Å². The summed E-state index contributed by atoms with van der Waals surface area (Å²) in [6.45, 7) is 2.59. The molecular weight excluding hydrogens is 356 g/mol. The Kier molecular flexibility index (Phi) is 4.24. The molecule has 8 nitrogen and oxygen atoms in total. The fourth-order valence-electron chi connectivity index (χ4n) is 3.39. The summed E-state index contributed by atoms with van der Waals surface area (Å²) >= 11 is 0. The number of fused-ring (bicyclic) bond motifs is 1. The Morgan fingerprint density at radius 2 is 2.07 bits per heavy atom. The van der Waals surface area contributed by atoms with Crippen molar-refractivity contribution >= 4 is 28.4 Å². The third kappa shape index (κ3) is 3.06. The molecule has 0 bridgehead atoms. The number of amides is 1. The summed E-state index contributed by atoms with van der Waals surface area (Å²) < 4.78 is 5.07.